The van der Waals surface area contributed by atoms with Crippen molar-refractivity contribution in [3.63, 3.8) is 0 Å². The fourth-order valence-corrected chi connectivity index (χ4v) is 3.93. The molecule has 3 aromatic rings. The van der Waals surface area contributed by atoms with Gasteiger partial charge in [0.1, 0.15) is 0 Å². The molecule has 2 aromatic carbocycles. The second-order valence-electron chi connectivity index (χ2n) is 8.93. The van der Waals surface area contributed by atoms with Gasteiger partial charge in [0.15, 0.2) is 8.32 Å². The highest BCUT2D eigenvalue weighted by atomic mass is 28.4. The van der Waals surface area contributed by atoms with Crippen molar-refractivity contribution >= 4 is 24.9 Å². The van der Waals surface area contributed by atoms with E-state index < -0.39 is 8.32 Å². The molecule has 0 unspecified atom stereocenters. The molecule has 0 radical (unpaired) electrons. The molecule has 154 valence electrons. The van der Waals surface area contributed by atoms with Crippen LogP contribution in [0.4, 0.5) is 5.69 Å². The maximum Gasteiger partial charge on any atom is 0.261 e. The number of hydrogen-bond acceptors (Lipinski definition) is 4. The first kappa shape index (κ1) is 21.3. The minimum atomic E-state index is -1.74. The molecule has 0 bridgehead atoms. The van der Waals surface area contributed by atoms with Crippen LogP contribution in [0.3, 0.4) is 0 Å². The molecule has 29 heavy (non-hydrogen) atoms. The number of fused-ring (bicyclic) bond motifs is 1. The van der Waals surface area contributed by atoms with Crippen molar-refractivity contribution in [3.05, 3.63) is 70.8 Å². The molecule has 0 aliphatic carbocycles. The Bertz CT molecular complexity index is 1020. The van der Waals surface area contributed by atoms with Crippen LogP contribution in [0.25, 0.3) is 10.9 Å². The Labute approximate surface area is 173 Å². The lowest BCUT2D eigenvalue weighted by molar-refractivity contribution is 0.301. The van der Waals surface area contributed by atoms with Crippen LogP contribution in [-0.4, -0.2) is 31.0 Å². The van der Waals surface area contributed by atoms with Gasteiger partial charge in [-0.3, -0.25) is 9.36 Å². The van der Waals surface area contributed by atoms with Crippen LogP contribution in [0.15, 0.2) is 59.7 Å². The second kappa shape index (κ2) is 8.51. The summed E-state index contributed by atoms with van der Waals surface area (Å²) < 4.78 is 7.87. The molecule has 0 fully saturated rings. The minimum absolute atomic E-state index is 0.0278. The van der Waals surface area contributed by atoms with E-state index in [4.69, 9.17) is 4.43 Å². The second-order valence-corrected chi connectivity index (χ2v) is 13.7. The molecule has 1 aromatic heterocycles. The molecule has 0 aliphatic rings. The van der Waals surface area contributed by atoms with Gasteiger partial charge in [-0.2, -0.15) is 0 Å². The first-order valence-electron chi connectivity index (χ1n) is 10.1. The van der Waals surface area contributed by atoms with Gasteiger partial charge in [0, 0.05) is 12.2 Å². The average Bonchev–Trinajstić information content (AvgIpc) is 2.68. The van der Waals surface area contributed by atoms with Gasteiger partial charge in [0.2, 0.25) is 0 Å². The Kier molecular flexibility index (Phi) is 6.24. The SMILES string of the molecule is CC(C)(C)[Si](C)(C)OCCNc1ccc2ncn(Cc3ccccc3)c(=O)c2c1. The summed E-state index contributed by atoms with van der Waals surface area (Å²) in [6.07, 6.45) is 1.62. The molecule has 0 aliphatic heterocycles. The molecule has 0 amide bonds. The Morgan fingerprint density at radius 3 is 2.52 bits per heavy atom. The highest BCUT2D eigenvalue weighted by Crippen LogP contribution is 2.36. The van der Waals surface area contributed by atoms with E-state index in [0.29, 0.717) is 30.6 Å². The number of aromatic nitrogens is 2. The molecule has 0 saturated heterocycles. The summed E-state index contributed by atoms with van der Waals surface area (Å²) in [5, 5.41) is 4.20. The third-order valence-corrected chi connectivity index (χ3v) is 10.3. The van der Waals surface area contributed by atoms with Gasteiger partial charge in [0.25, 0.3) is 5.56 Å². The van der Waals surface area contributed by atoms with Crippen molar-refractivity contribution in [2.45, 2.75) is 45.4 Å². The quantitative estimate of drug-likeness (QED) is 0.446. The number of nitrogens with zero attached hydrogens (tertiary/aromatic N) is 2. The maximum atomic E-state index is 12.9. The van der Waals surface area contributed by atoms with Crippen LogP contribution in [-0.2, 0) is 11.0 Å². The van der Waals surface area contributed by atoms with Gasteiger partial charge >= 0.3 is 0 Å². The highest BCUT2D eigenvalue weighted by Gasteiger charge is 2.36. The number of anilines is 1. The van der Waals surface area contributed by atoms with Crippen molar-refractivity contribution in [1.82, 2.24) is 9.55 Å². The third-order valence-electron chi connectivity index (χ3n) is 5.72. The average molecular weight is 410 g/mol. The van der Waals surface area contributed by atoms with Gasteiger partial charge in [0.05, 0.1) is 30.4 Å². The normalized spacial score (nSPS) is 12.3. The third kappa shape index (κ3) is 5.13. The Hall–Kier alpha value is -2.44. The summed E-state index contributed by atoms with van der Waals surface area (Å²) >= 11 is 0. The van der Waals surface area contributed by atoms with Gasteiger partial charge < -0.3 is 9.74 Å². The highest BCUT2D eigenvalue weighted by molar-refractivity contribution is 6.74. The summed E-state index contributed by atoms with van der Waals surface area (Å²) in [5.74, 6) is 0. The predicted molar refractivity (Wildman–Crippen MR) is 123 cm³/mol. The largest absolute Gasteiger partial charge is 0.415 e. The molecule has 0 atom stereocenters. The van der Waals surface area contributed by atoms with Crippen molar-refractivity contribution in [3.8, 4) is 0 Å². The zero-order valence-corrected chi connectivity index (χ0v) is 19.0. The summed E-state index contributed by atoms with van der Waals surface area (Å²) in [4.78, 5) is 17.4. The molecule has 0 saturated carbocycles. The van der Waals surface area contributed by atoms with E-state index in [2.05, 4.69) is 44.2 Å². The molecular formula is C23H31N3O2Si. The monoisotopic (exact) mass is 409 g/mol. The lowest BCUT2D eigenvalue weighted by Gasteiger charge is -2.36. The standard InChI is InChI=1S/C23H31N3O2Si/c1-23(2,3)29(4,5)28-14-13-24-19-11-12-21-20(15-19)22(27)26(17-25-21)16-18-9-7-6-8-10-18/h6-12,15,17,24H,13-14,16H2,1-5H3. The van der Waals surface area contributed by atoms with E-state index in [1.54, 1.807) is 10.9 Å². The Morgan fingerprint density at radius 2 is 1.83 bits per heavy atom. The molecular weight excluding hydrogens is 378 g/mol. The van der Waals surface area contributed by atoms with Crippen LogP contribution in [0, 0.1) is 0 Å². The summed E-state index contributed by atoms with van der Waals surface area (Å²) in [5.41, 5.74) is 2.67. The molecule has 1 heterocycles. The van der Waals surface area contributed by atoms with Crippen LogP contribution >= 0.6 is 0 Å². The lowest BCUT2D eigenvalue weighted by atomic mass is 10.2. The molecule has 0 spiro atoms. The zero-order valence-electron chi connectivity index (χ0n) is 18.0. The van der Waals surface area contributed by atoms with Gasteiger partial charge in [-0.05, 0) is 41.9 Å². The van der Waals surface area contributed by atoms with E-state index in [1.165, 1.54) is 0 Å². The summed E-state index contributed by atoms with van der Waals surface area (Å²) in [6, 6.07) is 15.7. The zero-order chi connectivity index (χ0) is 21.1. The smallest absolute Gasteiger partial charge is 0.261 e. The number of hydrogen-bond donors (Lipinski definition) is 1. The number of rotatable bonds is 7. The van der Waals surface area contributed by atoms with Crippen molar-refractivity contribution in [2.24, 2.45) is 0 Å². The summed E-state index contributed by atoms with van der Waals surface area (Å²) in [6.45, 7) is 13.1. The van der Waals surface area contributed by atoms with E-state index in [9.17, 15) is 4.79 Å². The van der Waals surface area contributed by atoms with Crippen molar-refractivity contribution in [2.75, 3.05) is 18.5 Å². The fraction of sp³-hybridized carbons (Fsp3) is 0.391. The van der Waals surface area contributed by atoms with Crippen LogP contribution < -0.4 is 10.9 Å². The number of nitrogens with one attached hydrogen (secondary N) is 1. The molecule has 6 heteroatoms. The summed E-state index contributed by atoms with van der Waals surface area (Å²) in [7, 11) is -1.74. The van der Waals surface area contributed by atoms with Gasteiger partial charge in [-0.1, -0.05) is 51.1 Å². The van der Waals surface area contributed by atoms with Gasteiger partial charge in [-0.25, -0.2) is 4.98 Å². The molecule has 1 N–H and O–H groups in total. The Morgan fingerprint density at radius 1 is 1.10 bits per heavy atom. The van der Waals surface area contributed by atoms with Crippen molar-refractivity contribution < 1.29 is 4.43 Å². The first-order valence-corrected chi connectivity index (χ1v) is 13.0. The predicted octanol–water partition coefficient (Wildman–Crippen LogP) is 4.88. The van der Waals surface area contributed by atoms with Crippen LogP contribution in [0.2, 0.25) is 18.1 Å². The van der Waals surface area contributed by atoms with Crippen molar-refractivity contribution in [1.29, 1.82) is 0 Å². The van der Waals surface area contributed by atoms with E-state index in [0.717, 1.165) is 11.3 Å². The first-order chi connectivity index (χ1) is 13.7. The molecule has 3 rings (SSSR count). The van der Waals surface area contributed by atoms with Crippen LogP contribution in [0.1, 0.15) is 26.3 Å². The maximum absolute atomic E-state index is 12.9. The Balaban J connectivity index is 1.70. The molecule has 5 nitrogen and oxygen atoms in total. The van der Waals surface area contributed by atoms with Gasteiger partial charge in [-0.15, -0.1) is 0 Å². The van der Waals surface area contributed by atoms with E-state index in [1.807, 2.05) is 48.5 Å². The van der Waals surface area contributed by atoms with E-state index >= 15 is 0 Å². The lowest BCUT2D eigenvalue weighted by Crippen LogP contribution is -2.41. The topological polar surface area (TPSA) is 56.1 Å². The fourth-order valence-electron chi connectivity index (χ4n) is 2.88. The van der Waals surface area contributed by atoms with Crippen LogP contribution in [0.5, 0.6) is 0 Å². The number of benzene rings is 2. The van der Waals surface area contributed by atoms with E-state index in [-0.39, 0.29) is 10.6 Å². The minimum Gasteiger partial charge on any atom is -0.415 e.